The van der Waals surface area contributed by atoms with Crippen molar-refractivity contribution in [3.8, 4) is 6.07 Å². The molecule has 0 saturated heterocycles. The fourth-order valence-electron chi connectivity index (χ4n) is 1.92. The van der Waals surface area contributed by atoms with Crippen molar-refractivity contribution in [2.45, 2.75) is 24.8 Å². The van der Waals surface area contributed by atoms with Crippen LogP contribution in [-0.4, -0.2) is 22.5 Å². The number of benzene rings is 1. The molecule has 0 atom stereocenters. The van der Waals surface area contributed by atoms with Crippen LogP contribution in [0.15, 0.2) is 35.5 Å². The van der Waals surface area contributed by atoms with Crippen molar-refractivity contribution in [2.24, 2.45) is 0 Å². The first-order valence-corrected chi connectivity index (χ1v) is 7.66. The quantitative estimate of drug-likeness (QED) is 0.480. The lowest BCUT2D eigenvalue weighted by atomic mass is 10.1. The van der Waals surface area contributed by atoms with Crippen LogP contribution in [0.1, 0.15) is 27.3 Å². The van der Waals surface area contributed by atoms with Gasteiger partial charge in [0.05, 0.1) is 5.56 Å². The van der Waals surface area contributed by atoms with E-state index in [0.29, 0.717) is 16.5 Å². The van der Waals surface area contributed by atoms with Crippen LogP contribution in [0, 0.1) is 25.2 Å². The molecule has 0 spiro atoms. The summed E-state index contributed by atoms with van der Waals surface area (Å²) < 4.78 is 4.87. The van der Waals surface area contributed by atoms with Crippen molar-refractivity contribution in [3.63, 3.8) is 0 Å². The van der Waals surface area contributed by atoms with Crippen LogP contribution in [0.25, 0.3) is 0 Å². The summed E-state index contributed by atoms with van der Waals surface area (Å²) in [6, 6.07) is 10.9. The first kappa shape index (κ1) is 16.0. The van der Waals surface area contributed by atoms with Gasteiger partial charge in [0, 0.05) is 17.1 Å². The predicted octanol–water partition coefficient (Wildman–Crippen LogP) is 3.07. The molecule has 0 aliphatic carbocycles. The maximum atomic E-state index is 11.9. The molecule has 0 amide bonds. The van der Waals surface area contributed by atoms with E-state index in [2.05, 4.69) is 9.97 Å². The number of thioether (sulfide) groups is 1. The molecule has 0 radical (unpaired) electrons. The fourth-order valence-corrected chi connectivity index (χ4v) is 2.87. The van der Waals surface area contributed by atoms with Gasteiger partial charge in [-0.1, -0.05) is 30.0 Å². The van der Waals surface area contributed by atoms with Crippen LogP contribution >= 0.6 is 11.8 Å². The zero-order valence-electron chi connectivity index (χ0n) is 12.4. The molecule has 0 saturated carbocycles. The Kier molecular flexibility index (Phi) is 5.50. The highest BCUT2D eigenvalue weighted by Gasteiger charge is 2.13. The number of aryl methyl sites for hydroxylation is 2. The summed E-state index contributed by atoms with van der Waals surface area (Å²) in [4.78, 5) is 20.7. The summed E-state index contributed by atoms with van der Waals surface area (Å²) in [6.07, 6.45) is 0. The Morgan fingerprint density at radius 1 is 1.27 bits per heavy atom. The lowest BCUT2D eigenvalue weighted by Crippen LogP contribution is -2.08. The van der Waals surface area contributed by atoms with Gasteiger partial charge in [-0.15, -0.1) is 0 Å². The van der Waals surface area contributed by atoms with Gasteiger partial charge in [-0.25, -0.2) is 14.8 Å². The van der Waals surface area contributed by atoms with Crippen molar-refractivity contribution in [1.82, 2.24) is 9.97 Å². The number of aromatic nitrogens is 2. The molecular formula is C16H15N3O2S. The van der Waals surface area contributed by atoms with E-state index in [1.807, 2.05) is 32.0 Å². The Morgan fingerprint density at radius 3 is 2.64 bits per heavy atom. The summed E-state index contributed by atoms with van der Waals surface area (Å²) >= 11 is 1.46. The highest BCUT2D eigenvalue weighted by molar-refractivity contribution is 7.98. The Labute approximate surface area is 133 Å². The summed E-state index contributed by atoms with van der Waals surface area (Å²) in [5, 5.41) is 9.17. The van der Waals surface area contributed by atoms with Gasteiger partial charge in [-0.3, -0.25) is 0 Å². The second-order valence-corrected chi connectivity index (χ2v) is 5.56. The number of rotatable bonds is 5. The van der Waals surface area contributed by atoms with Gasteiger partial charge in [-0.2, -0.15) is 5.26 Å². The topological polar surface area (TPSA) is 75.9 Å². The molecule has 0 fully saturated rings. The minimum absolute atomic E-state index is 0.250. The summed E-state index contributed by atoms with van der Waals surface area (Å²) in [5.74, 6) is 0.0693. The van der Waals surface area contributed by atoms with E-state index in [1.165, 1.54) is 11.8 Å². The molecule has 1 aromatic heterocycles. The average Bonchev–Trinajstić information content (AvgIpc) is 2.50. The van der Waals surface area contributed by atoms with Gasteiger partial charge in [0.2, 0.25) is 0 Å². The predicted molar refractivity (Wildman–Crippen MR) is 83.4 cm³/mol. The third-order valence-electron chi connectivity index (χ3n) is 2.82. The molecule has 1 aromatic carbocycles. The Balaban J connectivity index is 2.13. The smallest absolute Gasteiger partial charge is 0.339 e. The van der Waals surface area contributed by atoms with Crippen molar-refractivity contribution in [2.75, 3.05) is 6.61 Å². The van der Waals surface area contributed by atoms with Gasteiger partial charge in [0.15, 0.2) is 11.8 Å². The molecule has 112 valence electrons. The van der Waals surface area contributed by atoms with Crippen LogP contribution in [-0.2, 0) is 10.5 Å². The van der Waals surface area contributed by atoms with Crippen LogP contribution < -0.4 is 0 Å². The highest BCUT2D eigenvalue weighted by atomic mass is 32.2. The normalized spacial score (nSPS) is 10.0. The lowest BCUT2D eigenvalue weighted by Gasteiger charge is -2.08. The van der Waals surface area contributed by atoms with E-state index in [0.717, 1.165) is 17.0 Å². The maximum absolute atomic E-state index is 11.9. The number of ether oxygens (including phenoxy) is 1. The fraction of sp³-hybridized carbons (Fsp3) is 0.250. The Bertz CT molecular complexity index is 705. The molecule has 2 aromatic rings. The number of esters is 1. The first-order chi connectivity index (χ1) is 10.6. The second-order valence-electron chi connectivity index (χ2n) is 4.61. The molecule has 0 unspecified atom stereocenters. The number of carbonyl (C=O) groups is 1. The van der Waals surface area contributed by atoms with Crippen LogP contribution in [0.5, 0.6) is 0 Å². The minimum atomic E-state index is -0.487. The first-order valence-electron chi connectivity index (χ1n) is 6.67. The van der Waals surface area contributed by atoms with E-state index in [9.17, 15) is 4.79 Å². The van der Waals surface area contributed by atoms with Gasteiger partial charge in [-0.05, 0) is 31.5 Å². The zero-order valence-corrected chi connectivity index (χ0v) is 13.2. The molecule has 2 rings (SSSR count). The summed E-state index contributed by atoms with van der Waals surface area (Å²) in [5.41, 5.74) is 3.13. The standard InChI is InChI=1S/C16H15N3O2S/c1-11-9-12(2)19-16(18-11)22-10-13-5-3-4-6-14(13)15(20)21-8-7-17/h3-6,9H,8,10H2,1-2H3. The summed E-state index contributed by atoms with van der Waals surface area (Å²) in [7, 11) is 0. The SMILES string of the molecule is Cc1cc(C)nc(SCc2ccccc2C(=O)OCC#N)n1. The van der Waals surface area contributed by atoms with Crippen molar-refractivity contribution in [3.05, 3.63) is 52.8 Å². The van der Waals surface area contributed by atoms with E-state index in [4.69, 9.17) is 10.00 Å². The molecule has 0 bridgehead atoms. The van der Waals surface area contributed by atoms with Gasteiger partial charge < -0.3 is 4.74 Å². The Hall–Kier alpha value is -2.39. The van der Waals surface area contributed by atoms with Crippen LogP contribution in [0.3, 0.4) is 0 Å². The number of carbonyl (C=O) groups excluding carboxylic acids is 1. The Morgan fingerprint density at radius 2 is 1.95 bits per heavy atom. The van der Waals surface area contributed by atoms with Crippen LogP contribution in [0.2, 0.25) is 0 Å². The highest BCUT2D eigenvalue weighted by Crippen LogP contribution is 2.22. The van der Waals surface area contributed by atoms with Crippen molar-refractivity contribution < 1.29 is 9.53 Å². The van der Waals surface area contributed by atoms with Gasteiger partial charge in [0.1, 0.15) is 6.07 Å². The average molecular weight is 313 g/mol. The number of nitrogens with zero attached hydrogens (tertiary/aromatic N) is 3. The minimum Gasteiger partial charge on any atom is -0.447 e. The van der Waals surface area contributed by atoms with Gasteiger partial charge in [0.25, 0.3) is 0 Å². The largest absolute Gasteiger partial charge is 0.447 e. The monoisotopic (exact) mass is 313 g/mol. The molecule has 0 N–H and O–H groups in total. The van der Waals surface area contributed by atoms with Crippen LogP contribution in [0.4, 0.5) is 0 Å². The van der Waals surface area contributed by atoms with Crippen molar-refractivity contribution >= 4 is 17.7 Å². The molecule has 0 aliphatic rings. The third kappa shape index (κ3) is 4.30. The molecule has 0 aliphatic heterocycles. The number of hydrogen-bond donors (Lipinski definition) is 0. The second kappa shape index (κ2) is 7.57. The van der Waals surface area contributed by atoms with Crippen molar-refractivity contribution in [1.29, 1.82) is 5.26 Å². The molecule has 5 nitrogen and oxygen atoms in total. The van der Waals surface area contributed by atoms with E-state index < -0.39 is 5.97 Å². The third-order valence-corrected chi connectivity index (χ3v) is 3.72. The zero-order chi connectivity index (χ0) is 15.9. The molecule has 1 heterocycles. The molecular weight excluding hydrogens is 298 g/mol. The van der Waals surface area contributed by atoms with E-state index in [1.54, 1.807) is 18.2 Å². The number of hydrogen-bond acceptors (Lipinski definition) is 6. The maximum Gasteiger partial charge on any atom is 0.339 e. The van der Waals surface area contributed by atoms with Gasteiger partial charge >= 0.3 is 5.97 Å². The van der Waals surface area contributed by atoms with E-state index in [-0.39, 0.29) is 6.61 Å². The lowest BCUT2D eigenvalue weighted by molar-refractivity contribution is 0.0554. The molecule has 6 heteroatoms. The van der Waals surface area contributed by atoms with E-state index >= 15 is 0 Å². The number of nitriles is 1. The molecule has 22 heavy (non-hydrogen) atoms. The summed E-state index contributed by atoms with van der Waals surface area (Å²) in [6.45, 7) is 3.60.